The lowest BCUT2D eigenvalue weighted by atomic mass is 9.96. The van der Waals surface area contributed by atoms with Crippen molar-refractivity contribution in [1.82, 2.24) is 4.90 Å². The highest BCUT2D eigenvalue weighted by Crippen LogP contribution is 2.36. The van der Waals surface area contributed by atoms with Gasteiger partial charge in [0.2, 0.25) is 0 Å². The summed E-state index contributed by atoms with van der Waals surface area (Å²) in [7, 11) is 2.17. The largest absolute Gasteiger partial charge is 0.490 e. The summed E-state index contributed by atoms with van der Waals surface area (Å²) in [6.07, 6.45) is 2.30. The van der Waals surface area contributed by atoms with Gasteiger partial charge in [-0.3, -0.25) is 4.79 Å². The van der Waals surface area contributed by atoms with Crippen molar-refractivity contribution < 1.29 is 14.3 Å². The molecule has 142 valence electrons. The number of nitrogens with zero attached hydrogens (tertiary/aromatic N) is 1. The maximum Gasteiger partial charge on any atom is 0.182 e. The van der Waals surface area contributed by atoms with Gasteiger partial charge in [-0.05, 0) is 38.1 Å². The van der Waals surface area contributed by atoms with Crippen LogP contribution in [0.2, 0.25) is 0 Å². The molecular weight excluding hydrogens is 338 g/mol. The van der Waals surface area contributed by atoms with Crippen molar-refractivity contribution in [2.24, 2.45) is 5.92 Å². The zero-order valence-electron chi connectivity index (χ0n) is 16.1. The van der Waals surface area contributed by atoms with Crippen LogP contribution >= 0.6 is 0 Å². The Bertz CT molecular complexity index is 805. The molecule has 3 unspecified atom stereocenters. The number of benzene rings is 2. The second kappa shape index (κ2) is 7.73. The first-order valence-corrected chi connectivity index (χ1v) is 9.82. The number of ether oxygens (including phenoxy) is 2. The summed E-state index contributed by atoms with van der Waals surface area (Å²) in [4.78, 5) is 14.9. The third-order valence-electron chi connectivity index (χ3n) is 5.59. The topological polar surface area (TPSA) is 38.8 Å². The summed E-state index contributed by atoms with van der Waals surface area (Å²) in [5.41, 5.74) is 1.84. The second-order valence-corrected chi connectivity index (χ2v) is 7.86. The number of carbonyl (C=O) groups is 1. The van der Waals surface area contributed by atoms with Crippen molar-refractivity contribution in [1.29, 1.82) is 0 Å². The molecule has 0 N–H and O–H groups in total. The van der Waals surface area contributed by atoms with Gasteiger partial charge in [-0.1, -0.05) is 43.3 Å². The Labute approximate surface area is 161 Å². The Balaban J connectivity index is 1.52. The van der Waals surface area contributed by atoms with Crippen molar-refractivity contribution in [2.75, 3.05) is 20.1 Å². The van der Waals surface area contributed by atoms with Crippen molar-refractivity contribution in [3.8, 4) is 11.5 Å². The van der Waals surface area contributed by atoms with Crippen LogP contribution in [-0.4, -0.2) is 36.9 Å². The Hall–Kier alpha value is -2.33. The molecule has 2 aliphatic rings. The minimum absolute atomic E-state index is 0.0998. The molecule has 0 amide bonds. The van der Waals surface area contributed by atoms with E-state index in [0.717, 1.165) is 48.6 Å². The lowest BCUT2D eigenvalue weighted by Crippen LogP contribution is -2.30. The van der Waals surface area contributed by atoms with E-state index >= 15 is 0 Å². The van der Waals surface area contributed by atoms with Gasteiger partial charge in [-0.2, -0.15) is 0 Å². The predicted molar refractivity (Wildman–Crippen MR) is 105 cm³/mol. The predicted octanol–water partition coefficient (Wildman–Crippen LogP) is 4.04. The molecule has 0 spiro atoms. The normalized spacial score (nSPS) is 26.0. The maximum absolute atomic E-state index is 12.5. The van der Waals surface area contributed by atoms with Gasteiger partial charge >= 0.3 is 0 Å². The maximum atomic E-state index is 12.5. The minimum Gasteiger partial charge on any atom is -0.490 e. The van der Waals surface area contributed by atoms with Gasteiger partial charge in [-0.25, -0.2) is 0 Å². The van der Waals surface area contributed by atoms with Crippen LogP contribution in [0.1, 0.15) is 37.0 Å². The van der Waals surface area contributed by atoms with Crippen LogP contribution in [0.15, 0.2) is 48.5 Å². The fourth-order valence-corrected chi connectivity index (χ4v) is 4.12. The van der Waals surface area contributed by atoms with Crippen LogP contribution in [0.25, 0.3) is 0 Å². The number of rotatable bonds is 3. The summed E-state index contributed by atoms with van der Waals surface area (Å²) >= 11 is 0. The van der Waals surface area contributed by atoms with E-state index < -0.39 is 6.10 Å². The number of hydrogen-bond acceptors (Lipinski definition) is 4. The number of ketones is 1. The monoisotopic (exact) mass is 365 g/mol. The van der Waals surface area contributed by atoms with E-state index in [2.05, 4.69) is 18.9 Å². The molecule has 0 radical (unpaired) electrons. The van der Waals surface area contributed by atoms with E-state index in [1.807, 2.05) is 48.5 Å². The smallest absolute Gasteiger partial charge is 0.182 e. The first kappa shape index (κ1) is 18.1. The van der Waals surface area contributed by atoms with Crippen molar-refractivity contribution in [3.05, 3.63) is 59.7 Å². The van der Waals surface area contributed by atoms with E-state index in [-0.39, 0.29) is 11.9 Å². The molecule has 2 heterocycles. The highest BCUT2D eigenvalue weighted by Gasteiger charge is 2.30. The van der Waals surface area contributed by atoms with Crippen LogP contribution in [-0.2, 0) is 11.2 Å². The second-order valence-electron chi connectivity index (χ2n) is 7.86. The van der Waals surface area contributed by atoms with Gasteiger partial charge < -0.3 is 14.4 Å². The quantitative estimate of drug-likeness (QED) is 0.823. The first-order valence-electron chi connectivity index (χ1n) is 9.82. The summed E-state index contributed by atoms with van der Waals surface area (Å²) in [5, 5.41) is 0. The summed E-state index contributed by atoms with van der Waals surface area (Å²) < 4.78 is 12.4. The van der Waals surface area contributed by atoms with E-state index in [4.69, 9.17) is 9.47 Å². The third kappa shape index (κ3) is 4.01. The molecule has 27 heavy (non-hydrogen) atoms. The molecule has 4 rings (SSSR count). The number of carbonyl (C=O) groups excluding carboxylic acids is 1. The van der Waals surface area contributed by atoms with E-state index in [1.165, 1.54) is 0 Å². The lowest BCUT2D eigenvalue weighted by Gasteiger charge is -2.27. The van der Waals surface area contributed by atoms with Gasteiger partial charge in [0.05, 0.1) is 0 Å². The number of hydrogen-bond donors (Lipinski definition) is 0. The van der Waals surface area contributed by atoms with E-state index in [9.17, 15) is 4.79 Å². The molecule has 0 aliphatic carbocycles. The fourth-order valence-electron chi connectivity index (χ4n) is 4.12. The van der Waals surface area contributed by atoms with Crippen LogP contribution in [0.4, 0.5) is 0 Å². The molecule has 2 aromatic rings. The Kier molecular flexibility index (Phi) is 5.17. The molecule has 4 nitrogen and oxygen atoms in total. The third-order valence-corrected chi connectivity index (χ3v) is 5.59. The molecule has 1 fully saturated rings. The average Bonchev–Trinajstić information content (AvgIpc) is 2.82. The zero-order valence-corrected chi connectivity index (χ0v) is 16.1. The van der Waals surface area contributed by atoms with Crippen LogP contribution in [0, 0.1) is 5.92 Å². The van der Waals surface area contributed by atoms with Crippen LogP contribution in [0.3, 0.4) is 0 Å². The Morgan fingerprint density at radius 2 is 1.96 bits per heavy atom. The number of likely N-dealkylation sites (tertiary alicyclic amines) is 1. The van der Waals surface area contributed by atoms with Crippen molar-refractivity contribution >= 4 is 5.78 Å². The van der Waals surface area contributed by atoms with Gasteiger partial charge in [0, 0.05) is 30.5 Å². The molecule has 1 saturated heterocycles. The molecule has 0 bridgehead atoms. The molecule has 0 saturated carbocycles. The number of Topliss-reactive ketones (excluding diaryl/α,β-unsaturated/α-hetero) is 1. The molecule has 0 aromatic heterocycles. The molecular formula is C23H27NO3. The summed E-state index contributed by atoms with van der Waals surface area (Å²) in [6, 6.07) is 15.6. The molecule has 4 heteroatoms. The van der Waals surface area contributed by atoms with Gasteiger partial charge in [0.25, 0.3) is 0 Å². The highest BCUT2D eigenvalue weighted by atomic mass is 16.5. The van der Waals surface area contributed by atoms with Crippen molar-refractivity contribution in [2.45, 2.75) is 38.4 Å². The van der Waals surface area contributed by atoms with E-state index in [0.29, 0.717) is 12.3 Å². The minimum atomic E-state index is -0.528. The van der Waals surface area contributed by atoms with E-state index in [1.54, 1.807) is 0 Å². The average molecular weight is 365 g/mol. The molecule has 2 aliphatic heterocycles. The molecule has 3 atom stereocenters. The van der Waals surface area contributed by atoms with Gasteiger partial charge in [0.15, 0.2) is 11.9 Å². The summed E-state index contributed by atoms with van der Waals surface area (Å²) in [6.45, 7) is 4.43. The summed E-state index contributed by atoms with van der Waals surface area (Å²) in [5.74, 6) is 2.17. The van der Waals surface area contributed by atoms with Gasteiger partial charge in [0.1, 0.15) is 17.6 Å². The number of fused-ring (bicyclic) bond motifs is 1. The van der Waals surface area contributed by atoms with Crippen LogP contribution in [0.5, 0.6) is 11.5 Å². The fraction of sp³-hybridized carbons (Fsp3) is 0.435. The SMILES string of the molecule is CC1CN(C)CCCC1Oc1ccc2c(c1)OC(c1ccccc1)C(=O)C2. The Morgan fingerprint density at radius 3 is 2.78 bits per heavy atom. The Morgan fingerprint density at radius 1 is 1.15 bits per heavy atom. The molecule has 2 aromatic carbocycles. The standard InChI is InChI=1S/C23H27NO3/c1-16-15-24(2)12-6-9-21(16)26-19-11-10-18-13-20(25)23(27-22(18)14-19)17-7-4-3-5-8-17/h3-5,7-8,10-11,14,16,21,23H,6,9,12-13,15H2,1-2H3. The van der Waals surface area contributed by atoms with Crippen LogP contribution < -0.4 is 9.47 Å². The first-order chi connectivity index (χ1) is 13.1. The highest BCUT2D eigenvalue weighted by molar-refractivity contribution is 5.88. The van der Waals surface area contributed by atoms with Gasteiger partial charge in [-0.15, -0.1) is 0 Å². The lowest BCUT2D eigenvalue weighted by molar-refractivity contribution is -0.126. The van der Waals surface area contributed by atoms with Crippen molar-refractivity contribution in [3.63, 3.8) is 0 Å². The zero-order chi connectivity index (χ0) is 18.8.